The predicted molar refractivity (Wildman–Crippen MR) is 77.6 cm³/mol. The number of carbonyl (C=O) groups is 1. The summed E-state index contributed by atoms with van der Waals surface area (Å²) in [6.45, 7) is 0. The molecule has 0 aromatic heterocycles. The standard InChI is InChI=1S/C13H8ClIO3/c14-8-5-6-11(9(7-8)13(16)17)18-12-4-2-1-3-10(12)15/h1-7H,(H,16,17). The van der Waals surface area contributed by atoms with Crippen LogP contribution in [0.25, 0.3) is 0 Å². The van der Waals surface area contributed by atoms with Crippen molar-refractivity contribution < 1.29 is 14.6 Å². The number of ether oxygens (including phenoxy) is 1. The van der Waals surface area contributed by atoms with E-state index in [2.05, 4.69) is 22.6 Å². The summed E-state index contributed by atoms with van der Waals surface area (Å²) in [6, 6.07) is 11.9. The van der Waals surface area contributed by atoms with Crippen LogP contribution in [0, 0.1) is 3.57 Å². The maximum absolute atomic E-state index is 11.1. The fourth-order valence-corrected chi connectivity index (χ4v) is 2.07. The lowest BCUT2D eigenvalue weighted by atomic mass is 10.2. The third-order valence-corrected chi connectivity index (χ3v) is 3.35. The molecule has 92 valence electrons. The van der Waals surface area contributed by atoms with Crippen LogP contribution in [0.5, 0.6) is 11.5 Å². The number of rotatable bonds is 3. The Bertz CT molecular complexity index is 599. The van der Waals surface area contributed by atoms with Crippen molar-refractivity contribution in [3.63, 3.8) is 0 Å². The van der Waals surface area contributed by atoms with E-state index >= 15 is 0 Å². The van der Waals surface area contributed by atoms with E-state index in [1.807, 2.05) is 18.2 Å². The number of halogens is 2. The minimum absolute atomic E-state index is 0.0437. The van der Waals surface area contributed by atoms with Gasteiger partial charge in [0.2, 0.25) is 0 Å². The lowest BCUT2D eigenvalue weighted by Crippen LogP contribution is -2.00. The molecule has 2 aromatic rings. The summed E-state index contributed by atoms with van der Waals surface area (Å²) >= 11 is 7.90. The van der Waals surface area contributed by atoms with Crippen molar-refractivity contribution in [3.8, 4) is 11.5 Å². The van der Waals surface area contributed by atoms with Gasteiger partial charge in [0.25, 0.3) is 0 Å². The van der Waals surface area contributed by atoms with Crippen molar-refractivity contribution in [2.24, 2.45) is 0 Å². The highest BCUT2D eigenvalue weighted by Crippen LogP contribution is 2.30. The van der Waals surface area contributed by atoms with Crippen molar-refractivity contribution in [3.05, 3.63) is 56.6 Å². The van der Waals surface area contributed by atoms with Crippen molar-refractivity contribution in [1.82, 2.24) is 0 Å². The fraction of sp³-hybridized carbons (Fsp3) is 0. The quantitative estimate of drug-likeness (QED) is 0.808. The van der Waals surface area contributed by atoms with E-state index in [9.17, 15) is 4.79 Å². The Morgan fingerprint density at radius 1 is 1.17 bits per heavy atom. The highest BCUT2D eigenvalue weighted by Gasteiger charge is 2.13. The molecule has 18 heavy (non-hydrogen) atoms. The summed E-state index contributed by atoms with van der Waals surface area (Å²) in [5.74, 6) is -0.183. The second-order valence-corrected chi connectivity index (χ2v) is 5.08. The molecule has 0 aliphatic carbocycles. The monoisotopic (exact) mass is 374 g/mol. The molecule has 0 saturated carbocycles. The predicted octanol–water partition coefficient (Wildman–Crippen LogP) is 4.44. The Morgan fingerprint density at radius 3 is 2.56 bits per heavy atom. The topological polar surface area (TPSA) is 46.5 Å². The first-order valence-corrected chi connectivity index (χ1v) is 6.49. The van der Waals surface area contributed by atoms with E-state index in [-0.39, 0.29) is 11.3 Å². The first kappa shape index (κ1) is 13.2. The van der Waals surface area contributed by atoms with Crippen LogP contribution in [0.15, 0.2) is 42.5 Å². The van der Waals surface area contributed by atoms with Gasteiger partial charge in [-0.1, -0.05) is 23.7 Å². The molecule has 1 N–H and O–H groups in total. The van der Waals surface area contributed by atoms with Crippen LogP contribution in [0.1, 0.15) is 10.4 Å². The summed E-state index contributed by atoms with van der Waals surface area (Å²) < 4.78 is 6.51. The molecule has 0 heterocycles. The van der Waals surface area contributed by atoms with Crippen LogP contribution < -0.4 is 4.74 Å². The molecule has 2 aromatic carbocycles. The van der Waals surface area contributed by atoms with Gasteiger partial charge in [0.1, 0.15) is 17.1 Å². The Balaban J connectivity index is 2.41. The first-order chi connectivity index (χ1) is 8.58. The van der Waals surface area contributed by atoms with Gasteiger partial charge in [0.05, 0.1) is 3.57 Å². The van der Waals surface area contributed by atoms with Gasteiger partial charge in [-0.15, -0.1) is 0 Å². The first-order valence-electron chi connectivity index (χ1n) is 5.03. The Kier molecular flexibility index (Phi) is 4.08. The van der Waals surface area contributed by atoms with E-state index < -0.39 is 5.97 Å². The van der Waals surface area contributed by atoms with Gasteiger partial charge in [-0.2, -0.15) is 0 Å². The van der Waals surface area contributed by atoms with E-state index in [1.54, 1.807) is 18.2 Å². The highest BCUT2D eigenvalue weighted by molar-refractivity contribution is 14.1. The van der Waals surface area contributed by atoms with Crippen molar-refractivity contribution in [2.45, 2.75) is 0 Å². The average Bonchev–Trinajstić information content (AvgIpc) is 2.34. The maximum atomic E-state index is 11.1. The van der Waals surface area contributed by atoms with E-state index in [0.29, 0.717) is 10.8 Å². The zero-order chi connectivity index (χ0) is 13.1. The molecular weight excluding hydrogens is 366 g/mol. The smallest absolute Gasteiger partial charge is 0.339 e. The zero-order valence-corrected chi connectivity index (χ0v) is 12.0. The third kappa shape index (κ3) is 2.94. The van der Waals surface area contributed by atoms with Crippen LogP contribution in [0.3, 0.4) is 0 Å². The van der Waals surface area contributed by atoms with Crippen LogP contribution in [0.4, 0.5) is 0 Å². The minimum atomic E-state index is -1.07. The number of carboxylic acid groups (broad SMARTS) is 1. The second kappa shape index (κ2) is 5.58. The van der Waals surface area contributed by atoms with Crippen LogP contribution in [-0.4, -0.2) is 11.1 Å². The number of hydrogen-bond acceptors (Lipinski definition) is 2. The van der Waals surface area contributed by atoms with Crippen molar-refractivity contribution >= 4 is 40.2 Å². The maximum Gasteiger partial charge on any atom is 0.339 e. The lowest BCUT2D eigenvalue weighted by Gasteiger charge is -2.10. The minimum Gasteiger partial charge on any atom is -0.478 e. The van der Waals surface area contributed by atoms with Crippen LogP contribution >= 0.6 is 34.2 Å². The number of para-hydroxylation sites is 1. The summed E-state index contributed by atoms with van der Waals surface area (Å²) in [5.41, 5.74) is 0.0437. The summed E-state index contributed by atoms with van der Waals surface area (Å²) in [7, 11) is 0. The molecule has 0 amide bonds. The van der Waals surface area contributed by atoms with Crippen LogP contribution in [-0.2, 0) is 0 Å². The molecule has 0 radical (unpaired) electrons. The van der Waals surface area contributed by atoms with E-state index in [4.69, 9.17) is 21.4 Å². The third-order valence-electron chi connectivity index (χ3n) is 2.23. The second-order valence-electron chi connectivity index (χ2n) is 3.48. The van der Waals surface area contributed by atoms with Gasteiger partial charge in [-0.25, -0.2) is 4.79 Å². The molecule has 0 aliphatic rings. The molecule has 0 unspecified atom stereocenters. The van der Waals surface area contributed by atoms with Gasteiger partial charge in [0.15, 0.2) is 0 Å². The Labute approximate surface area is 122 Å². The van der Waals surface area contributed by atoms with Gasteiger partial charge in [-0.05, 0) is 52.9 Å². The molecule has 0 bridgehead atoms. The van der Waals surface area contributed by atoms with Crippen molar-refractivity contribution in [2.75, 3.05) is 0 Å². The van der Waals surface area contributed by atoms with Gasteiger partial charge in [-0.3, -0.25) is 0 Å². The molecule has 0 saturated heterocycles. The normalized spacial score (nSPS) is 10.1. The van der Waals surface area contributed by atoms with Crippen molar-refractivity contribution in [1.29, 1.82) is 0 Å². The highest BCUT2D eigenvalue weighted by atomic mass is 127. The summed E-state index contributed by atoms with van der Waals surface area (Å²) in [6.07, 6.45) is 0. The van der Waals surface area contributed by atoms with E-state index in [0.717, 1.165) is 3.57 Å². The molecule has 0 atom stereocenters. The van der Waals surface area contributed by atoms with Gasteiger partial charge < -0.3 is 9.84 Å². The van der Waals surface area contributed by atoms with E-state index in [1.165, 1.54) is 6.07 Å². The number of carboxylic acids is 1. The molecule has 5 heteroatoms. The fourth-order valence-electron chi connectivity index (χ4n) is 1.40. The largest absolute Gasteiger partial charge is 0.478 e. The molecule has 0 aliphatic heterocycles. The molecule has 2 rings (SSSR count). The van der Waals surface area contributed by atoms with Gasteiger partial charge in [0, 0.05) is 5.02 Å². The Hall–Kier alpha value is -1.27. The Morgan fingerprint density at radius 2 is 1.89 bits per heavy atom. The zero-order valence-electron chi connectivity index (χ0n) is 9.06. The summed E-state index contributed by atoms with van der Waals surface area (Å²) in [5, 5.41) is 9.46. The van der Waals surface area contributed by atoms with Crippen LogP contribution in [0.2, 0.25) is 5.02 Å². The molecule has 0 spiro atoms. The number of aromatic carboxylic acids is 1. The lowest BCUT2D eigenvalue weighted by molar-refractivity contribution is 0.0694. The molecule has 3 nitrogen and oxygen atoms in total. The summed E-state index contributed by atoms with van der Waals surface area (Å²) in [4.78, 5) is 11.1. The number of benzene rings is 2. The molecule has 0 fully saturated rings. The SMILES string of the molecule is O=C(O)c1cc(Cl)ccc1Oc1ccccc1I. The average molecular weight is 375 g/mol. The molecular formula is C13H8ClIO3. The van der Waals surface area contributed by atoms with Gasteiger partial charge >= 0.3 is 5.97 Å². The number of hydrogen-bond donors (Lipinski definition) is 1.